The topological polar surface area (TPSA) is 26.3 Å². The number of carbonyl (C=O) groups is 1. The van der Waals surface area contributed by atoms with Crippen LogP contribution in [0.15, 0.2) is 36.4 Å². The second kappa shape index (κ2) is 4.30. The monoisotopic (exact) mass is 202 g/mol. The van der Waals surface area contributed by atoms with Crippen LogP contribution in [0.5, 0.6) is 0 Å². The molecule has 1 aromatic carbocycles. The maximum Gasteiger partial charge on any atom is 0.309 e. The van der Waals surface area contributed by atoms with Crippen molar-refractivity contribution in [1.82, 2.24) is 0 Å². The molecule has 0 N–H and O–H groups in total. The Morgan fingerprint density at radius 1 is 1.40 bits per heavy atom. The molecular weight excluding hydrogens is 188 g/mol. The van der Waals surface area contributed by atoms with E-state index in [0.29, 0.717) is 5.92 Å². The fourth-order valence-electron chi connectivity index (χ4n) is 1.65. The highest BCUT2D eigenvalue weighted by molar-refractivity contribution is 5.76. The summed E-state index contributed by atoms with van der Waals surface area (Å²) in [6.45, 7) is 0. The van der Waals surface area contributed by atoms with E-state index >= 15 is 0 Å². The van der Waals surface area contributed by atoms with E-state index in [2.05, 4.69) is 16.9 Å². The standard InChI is InChI=1S/C13H14O2/c1-15-13(14)12-9-11(12)8-7-10-5-3-2-4-6-10/h2-8,11-12H,9H2,1H3. The van der Waals surface area contributed by atoms with Crippen LogP contribution in [0.2, 0.25) is 0 Å². The molecule has 0 radical (unpaired) electrons. The van der Waals surface area contributed by atoms with Crippen molar-refractivity contribution >= 4 is 12.0 Å². The highest BCUT2D eigenvalue weighted by atomic mass is 16.5. The van der Waals surface area contributed by atoms with Crippen LogP contribution in [0.25, 0.3) is 6.08 Å². The minimum absolute atomic E-state index is 0.0855. The zero-order valence-corrected chi connectivity index (χ0v) is 8.72. The third kappa shape index (κ3) is 2.46. The molecule has 2 unspecified atom stereocenters. The molecule has 15 heavy (non-hydrogen) atoms. The maximum atomic E-state index is 11.1. The summed E-state index contributed by atoms with van der Waals surface area (Å²) in [6, 6.07) is 10.1. The van der Waals surface area contributed by atoms with Gasteiger partial charge in [0, 0.05) is 0 Å². The Morgan fingerprint density at radius 3 is 2.80 bits per heavy atom. The number of carbonyl (C=O) groups excluding carboxylic acids is 1. The quantitative estimate of drug-likeness (QED) is 0.704. The highest BCUT2D eigenvalue weighted by Crippen LogP contribution is 2.40. The summed E-state index contributed by atoms with van der Waals surface area (Å²) in [6.07, 6.45) is 5.08. The van der Waals surface area contributed by atoms with Crippen molar-refractivity contribution in [3.63, 3.8) is 0 Å². The minimum atomic E-state index is -0.0855. The van der Waals surface area contributed by atoms with Gasteiger partial charge >= 0.3 is 5.97 Å². The number of allylic oxidation sites excluding steroid dienone is 1. The van der Waals surface area contributed by atoms with E-state index in [1.54, 1.807) is 0 Å². The van der Waals surface area contributed by atoms with Crippen LogP contribution in [0, 0.1) is 11.8 Å². The molecule has 0 heterocycles. The molecule has 1 aromatic rings. The Kier molecular flexibility index (Phi) is 2.86. The van der Waals surface area contributed by atoms with Gasteiger partial charge in [-0.25, -0.2) is 0 Å². The van der Waals surface area contributed by atoms with Crippen molar-refractivity contribution in [2.24, 2.45) is 11.8 Å². The molecule has 1 fully saturated rings. The van der Waals surface area contributed by atoms with E-state index in [1.165, 1.54) is 12.7 Å². The van der Waals surface area contributed by atoms with Crippen LogP contribution in [0.4, 0.5) is 0 Å². The van der Waals surface area contributed by atoms with Crippen molar-refractivity contribution in [2.75, 3.05) is 7.11 Å². The van der Waals surface area contributed by atoms with Crippen molar-refractivity contribution < 1.29 is 9.53 Å². The van der Waals surface area contributed by atoms with Crippen LogP contribution in [-0.4, -0.2) is 13.1 Å². The summed E-state index contributed by atoms with van der Waals surface area (Å²) in [4.78, 5) is 11.1. The van der Waals surface area contributed by atoms with Gasteiger partial charge in [-0.2, -0.15) is 0 Å². The van der Waals surface area contributed by atoms with Gasteiger partial charge in [0.25, 0.3) is 0 Å². The Balaban J connectivity index is 1.90. The van der Waals surface area contributed by atoms with Crippen LogP contribution in [0.3, 0.4) is 0 Å². The number of benzene rings is 1. The van der Waals surface area contributed by atoms with Crippen molar-refractivity contribution in [3.05, 3.63) is 42.0 Å². The molecule has 78 valence electrons. The van der Waals surface area contributed by atoms with Crippen LogP contribution in [0.1, 0.15) is 12.0 Å². The van der Waals surface area contributed by atoms with Gasteiger partial charge in [-0.05, 0) is 17.9 Å². The second-order valence-corrected chi connectivity index (χ2v) is 3.80. The van der Waals surface area contributed by atoms with Gasteiger partial charge in [0.2, 0.25) is 0 Å². The lowest BCUT2D eigenvalue weighted by Crippen LogP contribution is -2.03. The van der Waals surface area contributed by atoms with Crippen molar-refractivity contribution in [1.29, 1.82) is 0 Å². The maximum absolute atomic E-state index is 11.1. The fourth-order valence-corrected chi connectivity index (χ4v) is 1.65. The summed E-state index contributed by atoms with van der Waals surface area (Å²) < 4.78 is 4.68. The van der Waals surface area contributed by atoms with E-state index in [9.17, 15) is 4.79 Å². The van der Waals surface area contributed by atoms with Gasteiger partial charge < -0.3 is 4.74 Å². The fraction of sp³-hybridized carbons (Fsp3) is 0.308. The molecule has 0 bridgehead atoms. The zero-order valence-electron chi connectivity index (χ0n) is 8.72. The number of hydrogen-bond acceptors (Lipinski definition) is 2. The van der Waals surface area contributed by atoms with Gasteiger partial charge in [0.1, 0.15) is 0 Å². The summed E-state index contributed by atoms with van der Waals surface area (Å²) >= 11 is 0. The SMILES string of the molecule is COC(=O)C1CC1C=Cc1ccccc1. The van der Waals surface area contributed by atoms with Crippen LogP contribution in [-0.2, 0) is 9.53 Å². The van der Waals surface area contributed by atoms with Gasteiger partial charge in [-0.1, -0.05) is 42.5 Å². The number of rotatable bonds is 3. The lowest BCUT2D eigenvalue weighted by atomic mass is 10.2. The molecule has 2 heteroatoms. The van der Waals surface area contributed by atoms with E-state index in [0.717, 1.165) is 6.42 Å². The average Bonchev–Trinajstić information content (AvgIpc) is 3.06. The lowest BCUT2D eigenvalue weighted by Gasteiger charge is -1.94. The van der Waals surface area contributed by atoms with Crippen LogP contribution < -0.4 is 0 Å². The molecule has 0 amide bonds. The predicted molar refractivity (Wildman–Crippen MR) is 59.1 cm³/mol. The first-order valence-corrected chi connectivity index (χ1v) is 5.12. The smallest absolute Gasteiger partial charge is 0.309 e. The molecule has 0 spiro atoms. The normalized spacial score (nSPS) is 24.1. The molecule has 0 aromatic heterocycles. The first kappa shape index (κ1) is 9.97. The third-order valence-corrected chi connectivity index (χ3v) is 2.68. The number of esters is 1. The van der Waals surface area contributed by atoms with E-state index in [-0.39, 0.29) is 11.9 Å². The largest absolute Gasteiger partial charge is 0.469 e. The molecular formula is C13H14O2. The van der Waals surface area contributed by atoms with Crippen molar-refractivity contribution in [2.45, 2.75) is 6.42 Å². The van der Waals surface area contributed by atoms with Gasteiger partial charge in [-0.15, -0.1) is 0 Å². The molecule has 1 aliphatic rings. The number of hydrogen-bond donors (Lipinski definition) is 0. The zero-order chi connectivity index (χ0) is 10.7. The summed E-state index contributed by atoms with van der Waals surface area (Å²) in [5.74, 6) is 0.380. The molecule has 2 nitrogen and oxygen atoms in total. The van der Waals surface area contributed by atoms with Crippen LogP contribution >= 0.6 is 0 Å². The second-order valence-electron chi connectivity index (χ2n) is 3.80. The first-order valence-electron chi connectivity index (χ1n) is 5.12. The van der Waals surface area contributed by atoms with Gasteiger partial charge in [0.15, 0.2) is 0 Å². The third-order valence-electron chi connectivity index (χ3n) is 2.68. The summed E-state index contributed by atoms with van der Waals surface area (Å²) in [7, 11) is 1.44. The van der Waals surface area contributed by atoms with E-state index in [4.69, 9.17) is 0 Å². The molecule has 1 aliphatic carbocycles. The van der Waals surface area contributed by atoms with E-state index in [1.807, 2.05) is 30.3 Å². The molecule has 0 aliphatic heterocycles. The minimum Gasteiger partial charge on any atom is -0.469 e. The Bertz CT molecular complexity index is 367. The Labute approximate surface area is 89.6 Å². The Morgan fingerprint density at radius 2 is 2.13 bits per heavy atom. The van der Waals surface area contributed by atoms with E-state index < -0.39 is 0 Å². The highest BCUT2D eigenvalue weighted by Gasteiger charge is 2.41. The van der Waals surface area contributed by atoms with Gasteiger partial charge in [0.05, 0.1) is 13.0 Å². The Hall–Kier alpha value is -1.57. The molecule has 0 saturated heterocycles. The summed E-state index contributed by atoms with van der Waals surface area (Å²) in [5, 5.41) is 0. The molecule has 2 rings (SSSR count). The molecule has 2 atom stereocenters. The summed E-state index contributed by atoms with van der Waals surface area (Å²) in [5.41, 5.74) is 1.17. The predicted octanol–water partition coefficient (Wildman–Crippen LogP) is 2.51. The average molecular weight is 202 g/mol. The molecule has 1 saturated carbocycles. The first-order chi connectivity index (χ1) is 7.31. The lowest BCUT2D eigenvalue weighted by molar-refractivity contribution is -0.142. The number of methoxy groups -OCH3 is 1. The van der Waals surface area contributed by atoms with Crippen molar-refractivity contribution in [3.8, 4) is 0 Å². The van der Waals surface area contributed by atoms with Gasteiger partial charge in [-0.3, -0.25) is 4.79 Å². The number of ether oxygens (including phenoxy) is 1.